The number of nitrogens with two attached hydrogens (primary N) is 2. The van der Waals surface area contributed by atoms with Crippen LogP contribution < -0.4 is 16.9 Å². The van der Waals surface area contributed by atoms with Crippen molar-refractivity contribution in [3.8, 4) is 0 Å². The highest BCUT2D eigenvalue weighted by molar-refractivity contribution is 7.46. The Morgan fingerprint density at radius 3 is 2.93 bits per heavy atom. The summed E-state index contributed by atoms with van der Waals surface area (Å²) in [5, 5.41) is 2.48. The molecule has 1 saturated heterocycles. The van der Waals surface area contributed by atoms with Crippen molar-refractivity contribution in [2.24, 2.45) is 5.90 Å². The number of phosphoric ester groups is 1. The molecule has 0 bridgehead atoms. The minimum Gasteiger partial charge on any atom is -0.382 e. The van der Waals surface area contributed by atoms with Crippen molar-refractivity contribution in [3.63, 3.8) is 0 Å². The van der Waals surface area contributed by atoms with E-state index in [-0.39, 0.29) is 25.4 Å². The molecule has 2 aromatic heterocycles. The van der Waals surface area contributed by atoms with Gasteiger partial charge in [0.25, 0.3) is 0 Å². The van der Waals surface area contributed by atoms with Crippen molar-refractivity contribution in [2.45, 2.75) is 24.9 Å². The van der Waals surface area contributed by atoms with Crippen LogP contribution in [-0.2, 0) is 23.5 Å². The van der Waals surface area contributed by atoms with E-state index in [2.05, 4.69) is 25.1 Å². The van der Waals surface area contributed by atoms with Crippen LogP contribution in [0.5, 0.6) is 0 Å². The van der Waals surface area contributed by atoms with Crippen molar-refractivity contribution in [3.05, 3.63) is 12.7 Å². The number of nitrogens with zero attached hydrogens (tertiary/aromatic N) is 4. The summed E-state index contributed by atoms with van der Waals surface area (Å²) in [5.74, 6) is 4.49. The predicted octanol–water partition coefficient (Wildman–Crippen LogP) is -1.82. The van der Waals surface area contributed by atoms with Crippen LogP contribution in [0.4, 0.5) is 5.82 Å². The third-order valence-electron chi connectivity index (χ3n) is 3.87. The third-order valence-corrected chi connectivity index (χ3v) is 4.41. The van der Waals surface area contributed by atoms with Crippen molar-refractivity contribution in [1.82, 2.24) is 24.8 Å². The molecule has 0 spiro atoms. The van der Waals surface area contributed by atoms with E-state index >= 15 is 0 Å². The molecule has 3 rings (SSSR count). The highest BCUT2D eigenvalue weighted by Crippen LogP contribution is 2.43. The molecule has 7 N–H and O–H groups in total. The highest BCUT2D eigenvalue weighted by Gasteiger charge is 2.41. The lowest BCUT2D eigenvalue weighted by Gasteiger charge is -2.19. The largest absolute Gasteiger partial charge is 0.469 e. The van der Waals surface area contributed by atoms with Gasteiger partial charge in [0.1, 0.15) is 36.9 Å². The summed E-state index contributed by atoms with van der Waals surface area (Å²) < 4.78 is 23.4. The van der Waals surface area contributed by atoms with Gasteiger partial charge in [0.2, 0.25) is 5.91 Å². The molecule has 3 atom stereocenters. The first-order valence-corrected chi connectivity index (χ1v) is 9.22. The van der Waals surface area contributed by atoms with Crippen LogP contribution in [-0.4, -0.2) is 60.6 Å². The quantitative estimate of drug-likeness (QED) is 0.255. The molecule has 1 aliphatic rings. The predicted molar refractivity (Wildman–Crippen MR) is 88.3 cm³/mol. The molecule has 3 heterocycles. The van der Waals surface area contributed by atoms with Crippen LogP contribution in [0.1, 0.15) is 12.6 Å². The normalized spacial score (nSPS) is 23.0. The number of imidazole rings is 1. The highest BCUT2D eigenvalue weighted by atomic mass is 31.2. The molecule has 1 aliphatic heterocycles. The number of carbonyl (C=O) groups is 1. The second-order valence-corrected chi connectivity index (χ2v) is 6.89. The van der Waals surface area contributed by atoms with Gasteiger partial charge in [-0.1, -0.05) is 0 Å². The number of amides is 1. The van der Waals surface area contributed by atoms with E-state index in [1.54, 1.807) is 4.57 Å². The number of ether oxygens (including phenoxy) is 1. The molecular formula is C12H18N7O7P. The smallest absolute Gasteiger partial charge is 0.382 e. The van der Waals surface area contributed by atoms with Crippen LogP contribution in [0.3, 0.4) is 0 Å². The Morgan fingerprint density at radius 1 is 1.44 bits per heavy atom. The first kappa shape index (κ1) is 19.6. The number of nitrogens with one attached hydrogen (secondary N) is 1. The van der Waals surface area contributed by atoms with Gasteiger partial charge >= 0.3 is 7.82 Å². The van der Waals surface area contributed by atoms with Crippen LogP contribution in [0.2, 0.25) is 0 Å². The van der Waals surface area contributed by atoms with Gasteiger partial charge in [-0.05, 0) is 0 Å². The molecule has 1 fully saturated rings. The Kier molecular flexibility index (Phi) is 5.67. The van der Waals surface area contributed by atoms with Crippen LogP contribution in [0.25, 0.3) is 11.2 Å². The summed E-state index contributed by atoms with van der Waals surface area (Å²) in [5.41, 5.74) is 6.51. The van der Waals surface area contributed by atoms with Gasteiger partial charge in [-0.2, -0.15) is 0 Å². The molecule has 0 aromatic carbocycles. The maximum Gasteiger partial charge on any atom is 0.469 e. The number of nitrogen functional groups attached to an aromatic ring is 1. The van der Waals surface area contributed by atoms with Gasteiger partial charge in [-0.3, -0.25) is 18.7 Å². The number of rotatable bonds is 7. The lowest BCUT2D eigenvalue weighted by molar-refractivity contribution is -0.126. The minimum absolute atomic E-state index is 0.0763. The molecule has 0 saturated carbocycles. The summed E-state index contributed by atoms with van der Waals surface area (Å²) in [6.45, 7) is -0.449. The van der Waals surface area contributed by atoms with Gasteiger partial charge < -0.3 is 25.6 Å². The number of aromatic nitrogens is 4. The van der Waals surface area contributed by atoms with Crippen LogP contribution in [0.15, 0.2) is 12.7 Å². The van der Waals surface area contributed by atoms with E-state index in [0.717, 1.165) is 0 Å². The lowest BCUT2D eigenvalue weighted by Crippen LogP contribution is -2.39. The molecule has 148 valence electrons. The van der Waals surface area contributed by atoms with E-state index in [4.69, 9.17) is 30.7 Å². The van der Waals surface area contributed by atoms with E-state index in [0.29, 0.717) is 11.2 Å². The molecule has 27 heavy (non-hydrogen) atoms. The molecule has 15 heteroatoms. The first-order valence-electron chi connectivity index (χ1n) is 7.69. The number of hydrogen-bond donors (Lipinski definition) is 5. The average molecular weight is 403 g/mol. The van der Waals surface area contributed by atoms with Crippen molar-refractivity contribution in [2.75, 3.05) is 18.9 Å². The van der Waals surface area contributed by atoms with Crippen molar-refractivity contribution < 1.29 is 33.2 Å². The lowest BCUT2D eigenvalue weighted by atomic mass is 10.2. The van der Waals surface area contributed by atoms with Gasteiger partial charge in [0, 0.05) is 13.0 Å². The molecule has 1 amide bonds. The summed E-state index contributed by atoms with van der Waals surface area (Å²) in [6.07, 6.45) is 0.229. The summed E-state index contributed by atoms with van der Waals surface area (Å²) in [4.78, 5) is 46.1. The second-order valence-electron chi connectivity index (χ2n) is 5.70. The zero-order chi connectivity index (χ0) is 19.6. The maximum absolute atomic E-state index is 11.5. The number of fused-ring (bicyclic) bond motifs is 1. The fraction of sp³-hybridized carbons (Fsp3) is 0.500. The Bertz CT molecular complexity index is 871. The molecule has 0 aliphatic carbocycles. The summed E-state index contributed by atoms with van der Waals surface area (Å²) in [6, 6.07) is 0. The minimum atomic E-state index is -4.78. The van der Waals surface area contributed by atoms with E-state index in [1.165, 1.54) is 12.7 Å². The van der Waals surface area contributed by atoms with Gasteiger partial charge in [-0.25, -0.2) is 25.4 Å². The molecule has 14 nitrogen and oxygen atoms in total. The van der Waals surface area contributed by atoms with Gasteiger partial charge in [0.05, 0.1) is 6.33 Å². The zero-order valence-electron chi connectivity index (χ0n) is 13.8. The second kappa shape index (κ2) is 7.82. The van der Waals surface area contributed by atoms with Crippen LogP contribution in [0, 0.1) is 0 Å². The Hall–Kier alpha value is -2.19. The van der Waals surface area contributed by atoms with Crippen LogP contribution >= 0.6 is 7.82 Å². The SMILES string of the molecule is NOCC(=O)NC[C@H]1O[C@@H](n2cnc3c(N)ncnc32)C[C@@H]1OP(=O)(O)O. The molecular weight excluding hydrogens is 385 g/mol. The first-order chi connectivity index (χ1) is 12.8. The number of hydrogen-bond acceptors (Lipinski definition) is 10. The van der Waals surface area contributed by atoms with E-state index in [1.807, 2.05) is 0 Å². The monoisotopic (exact) mass is 403 g/mol. The molecule has 0 unspecified atom stereocenters. The van der Waals surface area contributed by atoms with Crippen molar-refractivity contribution in [1.29, 1.82) is 0 Å². The third kappa shape index (κ3) is 4.56. The number of carbonyl (C=O) groups excluding carboxylic acids is 1. The van der Waals surface area contributed by atoms with Gasteiger partial charge in [-0.15, -0.1) is 0 Å². The Balaban J connectivity index is 1.80. The van der Waals surface area contributed by atoms with E-state index < -0.39 is 32.2 Å². The summed E-state index contributed by atoms with van der Waals surface area (Å²) >= 11 is 0. The average Bonchev–Trinajstić information content (AvgIpc) is 3.16. The Morgan fingerprint density at radius 2 is 2.22 bits per heavy atom. The Labute approximate surface area is 152 Å². The number of phosphoric acid groups is 1. The van der Waals surface area contributed by atoms with E-state index in [9.17, 15) is 9.36 Å². The maximum atomic E-state index is 11.5. The standard InChI is InChI=1S/C12H18N7O7P/c13-11-10-12(17-4-16-11)19(5-18-10)9-1-6(26-27(21,22)23)7(25-9)2-15-8(20)3-24-14/h4-7,9H,1-3,14H2,(H,15,20)(H2,13,16,17)(H2,21,22,23)/t6-,7+,9+/m0/s1. The number of anilines is 1. The van der Waals surface area contributed by atoms with Gasteiger partial charge in [0.15, 0.2) is 11.5 Å². The topological polar surface area (TPSA) is 210 Å². The molecule has 2 aromatic rings. The van der Waals surface area contributed by atoms with Crippen molar-refractivity contribution >= 4 is 30.7 Å². The summed E-state index contributed by atoms with van der Waals surface area (Å²) in [7, 11) is -4.78. The fourth-order valence-electron chi connectivity index (χ4n) is 2.76. The molecule has 0 radical (unpaired) electrons. The fourth-order valence-corrected chi connectivity index (χ4v) is 3.34. The zero-order valence-corrected chi connectivity index (χ0v) is 14.7.